The molecule has 1 aromatic heterocycles. The van der Waals surface area contributed by atoms with E-state index >= 15 is 0 Å². The summed E-state index contributed by atoms with van der Waals surface area (Å²) in [4.78, 5) is 23.7. The van der Waals surface area contributed by atoms with Crippen LogP contribution >= 0.6 is 23.2 Å². The molecule has 2 aromatic rings. The van der Waals surface area contributed by atoms with Gasteiger partial charge in [-0.3, -0.25) is 4.79 Å². The van der Waals surface area contributed by atoms with E-state index in [1.54, 1.807) is 18.2 Å². The van der Waals surface area contributed by atoms with Gasteiger partial charge in [-0.15, -0.1) is 0 Å². The molecule has 3 rings (SSSR count). The molecule has 1 heterocycles. The molecule has 28 heavy (non-hydrogen) atoms. The number of rotatable bonds is 4. The van der Waals surface area contributed by atoms with E-state index in [2.05, 4.69) is 20.1 Å². The number of carbonyl (C=O) groups excluding carboxylic acids is 1. The fraction of sp³-hybridized carbons (Fsp3) is 0.400. The number of hydrogen-bond acceptors (Lipinski definition) is 4. The highest BCUT2D eigenvalue weighted by Crippen LogP contribution is 2.55. The first kappa shape index (κ1) is 20.4. The van der Waals surface area contributed by atoms with Crippen molar-refractivity contribution in [3.05, 3.63) is 57.9 Å². The van der Waals surface area contributed by atoms with Gasteiger partial charge in [0.15, 0.2) is 0 Å². The molecule has 0 bridgehead atoms. The molecule has 0 radical (unpaired) electrons. The molecule has 0 spiro atoms. The lowest BCUT2D eigenvalue weighted by molar-refractivity contribution is -0.164. The van der Waals surface area contributed by atoms with Gasteiger partial charge in [-0.2, -0.15) is 0 Å². The van der Waals surface area contributed by atoms with Gasteiger partial charge in [0.2, 0.25) is 11.0 Å². The van der Waals surface area contributed by atoms with E-state index < -0.39 is 0 Å². The molecular weight excluding hydrogens is 399 g/mol. The van der Waals surface area contributed by atoms with E-state index in [1.165, 1.54) is 12.4 Å². The Bertz CT molecular complexity index is 936. The summed E-state index contributed by atoms with van der Waals surface area (Å²) >= 11 is 11.8. The average Bonchev–Trinajstić information content (AvgIpc) is 2.64. The van der Waals surface area contributed by atoms with Crippen LogP contribution in [0, 0.1) is 17.4 Å². The van der Waals surface area contributed by atoms with Crippen molar-refractivity contribution in [3.8, 4) is 5.75 Å². The number of nitrogens with one attached hydrogen (secondary N) is 1. The quantitative estimate of drug-likeness (QED) is 0.563. The molecule has 6 nitrogen and oxygen atoms in total. The van der Waals surface area contributed by atoms with Crippen molar-refractivity contribution in [1.29, 1.82) is 0 Å². The Labute approximate surface area is 174 Å². The first-order valence-electron chi connectivity index (χ1n) is 8.69. The molecule has 0 unspecified atom stereocenters. The van der Waals surface area contributed by atoms with Gasteiger partial charge in [0.1, 0.15) is 11.9 Å². The van der Waals surface area contributed by atoms with Crippen LogP contribution in [-0.2, 0) is 0 Å². The number of hydrogen-bond donors (Lipinski definition) is 1. The number of nitrogens with zero attached hydrogens (tertiary/aromatic N) is 3. The number of benzene rings is 1. The summed E-state index contributed by atoms with van der Waals surface area (Å²) in [5, 5.41) is 3.52. The third-order valence-corrected chi connectivity index (χ3v) is 5.79. The van der Waals surface area contributed by atoms with Gasteiger partial charge < -0.3 is 10.1 Å². The fourth-order valence-corrected chi connectivity index (χ4v) is 4.54. The Morgan fingerprint density at radius 3 is 2.32 bits per heavy atom. The normalized spacial score (nSPS) is 21.9. The molecule has 1 N–H and O–H groups in total. The first-order chi connectivity index (χ1) is 13.1. The van der Waals surface area contributed by atoms with Gasteiger partial charge >= 0.3 is 0 Å². The second-order valence-corrected chi connectivity index (χ2v) is 8.76. The van der Waals surface area contributed by atoms with Crippen molar-refractivity contribution in [2.24, 2.45) is 10.8 Å². The third-order valence-electron chi connectivity index (χ3n) is 5.29. The van der Waals surface area contributed by atoms with Crippen molar-refractivity contribution in [1.82, 2.24) is 15.3 Å². The zero-order valence-corrected chi connectivity index (χ0v) is 17.5. The first-order valence-corrected chi connectivity index (χ1v) is 9.45. The smallest absolute Gasteiger partial charge is 0.254 e. The summed E-state index contributed by atoms with van der Waals surface area (Å²) < 4.78 is 6.21. The van der Waals surface area contributed by atoms with Crippen LogP contribution in [0.3, 0.4) is 0 Å². The average molecular weight is 419 g/mol. The largest absolute Gasteiger partial charge is 0.489 e. The summed E-state index contributed by atoms with van der Waals surface area (Å²) in [5.41, 5.74) is 0.0627. The predicted molar refractivity (Wildman–Crippen MR) is 108 cm³/mol. The lowest BCUT2D eigenvalue weighted by Gasteiger charge is -2.63. The zero-order chi connectivity index (χ0) is 20.7. The van der Waals surface area contributed by atoms with E-state index in [0.717, 1.165) is 0 Å². The second-order valence-electron chi connectivity index (χ2n) is 8.01. The standard InChI is InChI=1S/C20H20Cl2N4O2/c1-19(2)16(26-15(27)11-9-24-18(22)25-10-11)20(3,4)17(19)28-12-6-7-14(23-5)13(21)8-12/h6-10,16-17H,1-4H3,(H,26,27). The molecule has 0 aliphatic heterocycles. The Morgan fingerprint density at radius 1 is 1.18 bits per heavy atom. The van der Waals surface area contributed by atoms with Crippen molar-refractivity contribution < 1.29 is 9.53 Å². The van der Waals surface area contributed by atoms with Crippen LogP contribution in [0.2, 0.25) is 10.3 Å². The maximum Gasteiger partial charge on any atom is 0.254 e. The van der Waals surface area contributed by atoms with E-state index in [1.807, 2.05) is 27.7 Å². The minimum absolute atomic E-state index is 0.0946. The molecule has 1 aromatic carbocycles. The topological polar surface area (TPSA) is 68.5 Å². The molecule has 8 heteroatoms. The Balaban J connectivity index is 1.76. The third kappa shape index (κ3) is 3.52. The Hall–Kier alpha value is -2.36. The van der Waals surface area contributed by atoms with Gasteiger partial charge in [-0.1, -0.05) is 45.4 Å². The maximum absolute atomic E-state index is 12.6. The van der Waals surface area contributed by atoms with E-state index in [0.29, 0.717) is 22.0 Å². The SMILES string of the molecule is [C-]#[N+]c1ccc(OC2C(C)(C)C(NC(=O)c3cnc(Cl)nc3)C2(C)C)cc1Cl. The van der Waals surface area contributed by atoms with Gasteiger partial charge in [-0.05, 0) is 23.7 Å². The predicted octanol–water partition coefficient (Wildman–Crippen LogP) is 4.95. The highest BCUT2D eigenvalue weighted by molar-refractivity contribution is 6.33. The summed E-state index contributed by atoms with van der Waals surface area (Å²) in [6.45, 7) is 15.3. The molecule has 1 amide bonds. The molecule has 1 aliphatic carbocycles. The molecule has 146 valence electrons. The van der Waals surface area contributed by atoms with E-state index in [9.17, 15) is 4.79 Å². The minimum Gasteiger partial charge on any atom is -0.489 e. The second kappa shape index (κ2) is 7.23. The number of ether oxygens (including phenoxy) is 1. The maximum atomic E-state index is 12.6. The fourth-order valence-electron chi connectivity index (χ4n) is 4.23. The lowest BCUT2D eigenvalue weighted by Crippen LogP contribution is -2.74. The van der Waals surface area contributed by atoms with Crippen LogP contribution in [0.5, 0.6) is 5.75 Å². The van der Waals surface area contributed by atoms with Crippen molar-refractivity contribution in [3.63, 3.8) is 0 Å². The molecule has 1 aliphatic rings. The van der Waals surface area contributed by atoms with Crippen LogP contribution in [0.15, 0.2) is 30.6 Å². The lowest BCUT2D eigenvalue weighted by atomic mass is 9.49. The monoisotopic (exact) mass is 418 g/mol. The summed E-state index contributed by atoms with van der Waals surface area (Å²) in [7, 11) is 0. The molecule has 0 atom stereocenters. The number of aromatic nitrogens is 2. The van der Waals surface area contributed by atoms with Gasteiger partial charge in [0.05, 0.1) is 17.2 Å². The van der Waals surface area contributed by atoms with E-state index in [4.69, 9.17) is 34.5 Å². The molecule has 1 fully saturated rings. The highest BCUT2D eigenvalue weighted by Gasteiger charge is 2.64. The Morgan fingerprint density at radius 2 is 1.79 bits per heavy atom. The van der Waals surface area contributed by atoms with Gasteiger partial charge in [0.25, 0.3) is 5.91 Å². The van der Waals surface area contributed by atoms with Crippen molar-refractivity contribution in [2.75, 3.05) is 0 Å². The van der Waals surface area contributed by atoms with Crippen LogP contribution in [0.4, 0.5) is 5.69 Å². The number of carbonyl (C=O) groups is 1. The van der Waals surface area contributed by atoms with E-state index in [-0.39, 0.29) is 34.2 Å². The van der Waals surface area contributed by atoms with Crippen LogP contribution in [-0.4, -0.2) is 28.0 Å². The van der Waals surface area contributed by atoms with Gasteiger partial charge in [0, 0.05) is 29.3 Å². The van der Waals surface area contributed by atoms with Crippen molar-refractivity contribution in [2.45, 2.75) is 39.8 Å². The van der Waals surface area contributed by atoms with Crippen LogP contribution < -0.4 is 10.1 Å². The van der Waals surface area contributed by atoms with Crippen molar-refractivity contribution >= 4 is 34.8 Å². The van der Waals surface area contributed by atoms with Gasteiger partial charge in [-0.25, -0.2) is 14.8 Å². The molecule has 0 saturated heterocycles. The molecule has 1 saturated carbocycles. The molecular formula is C20H20Cl2N4O2. The number of halogens is 2. The minimum atomic E-state index is -0.336. The highest BCUT2D eigenvalue weighted by atomic mass is 35.5. The summed E-state index contributed by atoms with van der Waals surface area (Å²) in [5.74, 6) is 0.338. The Kier molecular flexibility index (Phi) is 5.26. The van der Waals surface area contributed by atoms with Crippen LogP contribution in [0.25, 0.3) is 4.85 Å². The van der Waals surface area contributed by atoms with Crippen LogP contribution in [0.1, 0.15) is 38.1 Å². The summed E-state index contributed by atoms with van der Waals surface area (Å²) in [6, 6.07) is 4.90. The summed E-state index contributed by atoms with van der Waals surface area (Å²) in [6.07, 6.45) is 2.64. The number of amides is 1. The zero-order valence-electron chi connectivity index (χ0n) is 16.0.